The molecule has 3 aromatic rings. The Balaban J connectivity index is 2.11. The predicted octanol–water partition coefficient (Wildman–Crippen LogP) is 7.08. The van der Waals surface area contributed by atoms with E-state index in [1.807, 2.05) is 0 Å². The van der Waals surface area contributed by atoms with Gasteiger partial charge in [0.05, 0.1) is 0 Å². The summed E-state index contributed by atoms with van der Waals surface area (Å²) in [6.45, 7) is 4.66. The first-order chi connectivity index (χ1) is 13.6. The Morgan fingerprint density at radius 2 is 1.00 bits per heavy atom. The molecule has 0 aliphatic rings. The monoisotopic (exact) mass is 502 g/mol. The molecule has 3 rings (SSSR count). The summed E-state index contributed by atoms with van der Waals surface area (Å²) >= 11 is 2.90. The Labute approximate surface area is 184 Å². The quantitative estimate of drug-likeness (QED) is 0.167. The molecule has 0 nitrogen and oxygen atoms in total. The van der Waals surface area contributed by atoms with Gasteiger partial charge in [-0.3, -0.25) is 0 Å². The third-order valence-corrected chi connectivity index (χ3v) is 17.5. The number of rotatable bonds is 9. The summed E-state index contributed by atoms with van der Waals surface area (Å²) in [5.41, 5.74) is 0. The molecule has 0 bridgehead atoms. The van der Waals surface area contributed by atoms with Crippen LogP contribution in [0.4, 0.5) is 0 Å². The summed E-state index contributed by atoms with van der Waals surface area (Å²) in [5.74, 6) is 0.798. The minimum atomic E-state index is -2.54. The van der Waals surface area contributed by atoms with Crippen LogP contribution >= 0.6 is 26.3 Å². The molecular weight excluding hydrogens is 470 g/mol. The Bertz CT molecular complexity index is 744. The third-order valence-electron chi connectivity index (χ3n) is 5.74. The van der Waals surface area contributed by atoms with Crippen molar-refractivity contribution in [2.45, 2.75) is 39.5 Å². The van der Waals surface area contributed by atoms with Crippen LogP contribution in [0.3, 0.4) is 0 Å². The van der Waals surface area contributed by atoms with Crippen molar-refractivity contribution < 1.29 is 0 Å². The molecular formula is C26H32IP. The summed E-state index contributed by atoms with van der Waals surface area (Å²) in [6, 6.07) is 33.8. The van der Waals surface area contributed by atoms with E-state index in [0.717, 1.165) is 5.92 Å². The third kappa shape index (κ3) is 4.36. The molecule has 0 atom stereocenters. The molecule has 0 N–H and O–H groups in total. The molecule has 0 aliphatic heterocycles. The van der Waals surface area contributed by atoms with Crippen molar-refractivity contribution in [3.8, 4) is 0 Å². The van der Waals surface area contributed by atoms with Gasteiger partial charge >= 0.3 is 185 Å². The topological polar surface area (TPSA) is 0 Å². The zero-order chi connectivity index (χ0) is 19.9. The molecule has 0 aromatic heterocycles. The summed E-state index contributed by atoms with van der Waals surface area (Å²) in [4.78, 5) is 0. The predicted molar refractivity (Wildman–Crippen MR) is 137 cm³/mol. The fourth-order valence-electron chi connectivity index (χ4n) is 4.19. The number of hydrogen-bond donors (Lipinski definition) is 0. The molecule has 0 amide bonds. The van der Waals surface area contributed by atoms with E-state index < -0.39 is 4.25 Å². The number of hydrogen-bond acceptors (Lipinski definition) is 0. The average Bonchev–Trinajstić information content (AvgIpc) is 2.75. The van der Waals surface area contributed by atoms with Gasteiger partial charge in [0.15, 0.2) is 0 Å². The van der Waals surface area contributed by atoms with Crippen molar-refractivity contribution in [3.63, 3.8) is 0 Å². The SMILES string of the molecule is CC(C)CCCCCP(I)(c1ccccc1)(c1ccccc1)c1ccccc1. The Morgan fingerprint density at radius 3 is 1.36 bits per heavy atom. The van der Waals surface area contributed by atoms with Gasteiger partial charge in [0.25, 0.3) is 0 Å². The van der Waals surface area contributed by atoms with Crippen molar-refractivity contribution in [3.05, 3.63) is 91.0 Å². The van der Waals surface area contributed by atoms with Crippen molar-refractivity contribution in [1.29, 1.82) is 0 Å². The number of benzene rings is 3. The minimum absolute atomic E-state index is 0.798. The van der Waals surface area contributed by atoms with Crippen LogP contribution in [0.15, 0.2) is 91.0 Å². The normalized spacial score (nSPS) is 13.2. The van der Waals surface area contributed by atoms with Gasteiger partial charge in [-0.2, -0.15) is 0 Å². The average molecular weight is 502 g/mol. The second-order valence-electron chi connectivity index (χ2n) is 8.16. The van der Waals surface area contributed by atoms with E-state index in [1.165, 1.54) is 47.8 Å². The van der Waals surface area contributed by atoms with E-state index in [0.29, 0.717) is 0 Å². The first-order valence-corrected chi connectivity index (χ1v) is 15.7. The van der Waals surface area contributed by atoms with Crippen LogP contribution in [0.25, 0.3) is 0 Å². The van der Waals surface area contributed by atoms with Crippen LogP contribution in [0.5, 0.6) is 0 Å². The van der Waals surface area contributed by atoms with Crippen molar-refractivity contribution in [2.24, 2.45) is 5.92 Å². The second-order valence-corrected chi connectivity index (χ2v) is 18.9. The van der Waals surface area contributed by atoms with Crippen LogP contribution < -0.4 is 15.9 Å². The van der Waals surface area contributed by atoms with Crippen LogP contribution in [0.2, 0.25) is 0 Å². The molecule has 0 saturated heterocycles. The van der Waals surface area contributed by atoms with Gasteiger partial charge < -0.3 is 0 Å². The molecule has 0 heterocycles. The van der Waals surface area contributed by atoms with Gasteiger partial charge in [-0.1, -0.05) is 0 Å². The van der Waals surface area contributed by atoms with E-state index in [2.05, 4.69) is 127 Å². The Morgan fingerprint density at radius 1 is 0.607 bits per heavy atom. The van der Waals surface area contributed by atoms with Crippen LogP contribution in [-0.4, -0.2) is 6.16 Å². The second kappa shape index (κ2) is 9.55. The van der Waals surface area contributed by atoms with Crippen LogP contribution in [0.1, 0.15) is 39.5 Å². The fourth-order valence-corrected chi connectivity index (χ4v) is 13.0. The molecule has 0 radical (unpaired) electrons. The molecule has 148 valence electrons. The molecule has 0 spiro atoms. The van der Waals surface area contributed by atoms with Crippen LogP contribution in [0, 0.1) is 5.92 Å². The zero-order valence-corrected chi connectivity index (χ0v) is 20.2. The number of halogens is 1. The standard InChI is InChI=1S/C26H32IP/c1-23(2)15-7-6-14-22-28(27,24-16-8-3-9-17-24,25-18-10-4-11-19-25)26-20-12-5-13-21-26/h3-5,8-13,16-21,23H,6-7,14-15,22H2,1-2H3. The summed E-state index contributed by atoms with van der Waals surface area (Å²) in [6.07, 6.45) is 6.47. The van der Waals surface area contributed by atoms with Gasteiger partial charge in [0, 0.05) is 0 Å². The fraction of sp³-hybridized carbons (Fsp3) is 0.308. The van der Waals surface area contributed by atoms with E-state index in [-0.39, 0.29) is 0 Å². The van der Waals surface area contributed by atoms with E-state index in [1.54, 1.807) is 0 Å². The van der Waals surface area contributed by atoms with Gasteiger partial charge in [-0.15, -0.1) is 0 Å². The summed E-state index contributed by atoms with van der Waals surface area (Å²) in [7, 11) is 0. The molecule has 3 aromatic carbocycles. The van der Waals surface area contributed by atoms with E-state index >= 15 is 0 Å². The van der Waals surface area contributed by atoms with Gasteiger partial charge in [-0.05, 0) is 0 Å². The first-order valence-electron chi connectivity index (χ1n) is 10.5. The van der Waals surface area contributed by atoms with Gasteiger partial charge in [0.2, 0.25) is 0 Å². The van der Waals surface area contributed by atoms with Crippen molar-refractivity contribution in [2.75, 3.05) is 6.16 Å². The summed E-state index contributed by atoms with van der Waals surface area (Å²) in [5, 5.41) is 4.49. The van der Waals surface area contributed by atoms with Gasteiger partial charge in [-0.25, -0.2) is 0 Å². The Kier molecular flexibility index (Phi) is 7.34. The molecule has 0 aliphatic carbocycles. The summed E-state index contributed by atoms with van der Waals surface area (Å²) < 4.78 is -2.54. The molecule has 2 heteroatoms. The number of unbranched alkanes of at least 4 members (excludes halogenated alkanes) is 2. The molecule has 0 saturated carbocycles. The molecule has 28 heavy (non-hydrogen) atoms. The van der Waals surface area contributed by atoms with E-state index in [4.69, 9.17) is 0 Å². The first kappa shape index (κ1) is 21.5. The molecule has 0 fully saturated rings. The van der Waals surface area contributed by atoms with Crippen molar-refractivity contribution in [1.82, 2.24) is 0 Å². The molecule has 0 unspecified atom stereocenters. The zero-order valence-electron chi connectivity index (χ0n) is 17.1. The van der Waals surface area contributed by atoms with Gasteiger partial charge in [0.1, 0.15) is 0 Å². The van der Waals surface area contributed by atoms with E-state index in [9.17, 15) is 0 Å². The maximum absolute atomic E-state index is 2.90. The van der Waals surface area contributed by atoms with Crippen molar-refractivity contribution >= 4 is 42.2 Å². The Hall–Kier alpha value is -1.18. The maximum atomic E-state index is 2.90. The van der Waals surface area contributed by atoms with Crippen LogP contribution in [-0.2, 0) is 0 Å².